The van der Waals surface area contributed by atoms with Crippen LogP contribution in [0.2, 0.25) is 0 Å². The third-order valence-electron chi connectivity index (χ3n) is 1.93. The lowest BCUT2D eigenvalue weighted by Gasteiger charge is -2.03. The number of rotatable bonds is 3. The molecule has 2 N–H and O–H groups in total. The number of anilines is 1. The van der Waals surface area contributed by atoms with E-state index in [-0.39, 0.29) is 5.75 Å². The van der Waals surface area contributed by atoms with Gasteiger partial charge in [0.05, 0.1) is 33.3 Å². The quantitative estimate of drug-likeness (QED) is 0.848. The first kappa shape index (κ1) is 10.7. The number of nitrogens with two attached hydrogens (primary N) is 1. The van der Waals surface area contributed by atoms with Gasteiger partial charge in [0, 0.05) is 18.6 Å². The topological polar surface area (TPSA) is 81.8 Å². The van der Waals surface area contributed by atoms with Crippen molar-refractivity contribution in [3.8, 4) is 0 Å². The second-order valence-electron chi connectivity index (χ2n) is 3.07. The Kier molecular flexibility index (Phi) is 3.21. The first-order valence-corrected chi connectivity index (χ1v) is 5.93. The molecule has 5 nitrogen and oxygen atoms in total. The molecule has 2 rings (SSSR count). The van der Waals surface area contributed by atoms with Gasteiger partial charge in [0.25, 0.3) is 0 Å². The number of aromatic nitrogens is 3. The van der Waals surface area contributed by atoms with Gasteiger partial charge in [0.15, 0.2) is 0 Å². The van der Waals surface area contributed by atoms with E-state index in [1.54, 1.807) is 30.7 Å². The number of nitrogens with zero attached hydrogens (tertiary/aromatic N) is 3. The molecule has 0 radical (unpaired) electrons. The zero-order valence-corrected chi connectivity index (χ0v) is 9.22. The molecule has 1 atom stereocenters. The van der Waals surface area contributed by atoms with Crippen molar-refractivity contribution in [2.75, 3.05) is 5.73 Å². The van der Waals surface area contributed by atoms with Crippen LogP contribution in [0.4, 0.5) is 5.69 Å². The smallest absolute Gasteiger partial charge is 0.141 e. The number of hydrogen-bond donors (Lipinski definition) is 1. The lowest BCUT2D eigenvalue weighted by atomic mass is 10.4. The van der Waals surface area contributed by atoms with Crippen LogP contribution in [-0.2, 0) is 16.6 Å². The Balaban J connectivity index is 2.19. The standard InChI is InChI=1S/C10H10N4OS/c11-8-6-12-5-2-9(8)16(15)7-10-13-3-1-4-14-10/h1-6H,7,11H2. The van der Waals surface area contributed by atoms with Gasteiger partial charge in [-0.05, 0) is 12.1 Å². The van der Waals surface area contributed by atoms with E-state index in [4.69, 9.17) is 5.73 Å². The van der Waals surface area contributed by atoms with Gasteiger partial charge < -0.3 is 5.73 Å². The molecule has 2 heterocycles. The highest BCUT2D eigenvalue weighted by Gasteiger charge is 2.09. The van der Waals surface area contributed by atoms with Crippen molar-refractivity contribution in [3.63, 3.8) is 0 Å². The van der Waals surface area contributed by atoms with Crippen molar-refractivity contribution >= 4 is 16.5 Å². The summed E-state index contributed by atoms with van der Waals surface area (Å²) in [5.74, 6) is 0.798. The minimum atomic E-state index is -1.24. The van der Waals surface area contributed by atoms with Crippen LogP contribution >= 0.6 is 0 Å². The SMILES string of the molecule is Nc1cnccc1S(=O)Cc1ncccn1. The van der Waals surface area contributed by atoms with Crippen LogP contribution in [0.3, 0.4) is 0 Å². The molecule has 0 aromatic carbocycles. The van der Waals surface area contributed by atoms with Crippen molar-refractivity contribution < 1.29 is 4.21 Å². The van der Waals surface area contributed by atoms with Gasteiger partial charge in [-0.25, -0.2) is 9.97 Å². The lowest BCUT2D eigenvalue weighted by molar-refractivity contribution is 0.681. The van der Waals surface area contributed by atoms with Crippen LogP contribution in [0, 0.1) is 0 Å². The molecule has 16 heavy (non-hydrogen) atoms. The molecule has 0 saturated heterocycles. The van der Waals surface area contributed by atoms with Gasteiger partial charge in [-0.3, -0.25) is 9.19 Å². The van der Waals surface area contributed by atoms with E-state index in [9.17, 15) is 4.21 Å². The molecule has 0 amide bonds. The fraction of sp³-hybridized carbons (Fsp3) is 0.100. The monoisotopic (exact) mass is 234 g/mol. The minimum Gasteiger partial charge on any atom is -0.396 e. The molecular formula is C10H10N4OS. The molecule has 0 aliphatic carbocycles. The highest BCUT2D eigenvalue weighted by atomic mass is 32.2. The van der Waals surface area contributed by atoms with Crippen LogP contribution in [0.25, 0.3) is 0 Å². The molecular weight excluding hydrogens is 224 g/mol. The van der Waals surface area contributed by atoms with E-state index < -0.39 is 10.8 Å². The predicted octanol–water partition coefficient (Wildman–Crippen LogP) is 0.762. The maximum absolute atomic E-state index is 12.0. The molecule has 2 aromatic heterocycles. The summed E-state index contributed by atoms with van der Waals surface area (Å²) in [5, 5.41) is 0. The van der Waals surface area contributed by atoms with Gasteiger partial charge in [-0.2, -0.15) is 0 Å². The third kappa shape index (κ3) is 2.40. The van der Waals surface area contributed by atoms with Crippen LogP contribution in [0.15, 0.2) is 41.8 Å². The molecule has 0 saturated carbocycles. The maximum atomic E-state index is 12.0. The van der Waals surface area contributed by atoms with Crippen LogP contribution in [0.1, 0.15) is 5.82 Å². The fourth-order valence-electron chi connectivity index (χ4n) is 1.20. The molecule has 0 aliphatic heterocycles. The van der Waals surface area contributed by atoms with Crippen LogP contribution in [-0.4, -0.2) is 19.2 Å². The third-order valence-corrected chi connectivity index (χ3v) is 3.32. The van der Waals surface area contributed by atoms with E-state index >= 15 is 0 Å². The van der Waals surface area contributed by atoms with Gasteiger partial charge in [0.2, 0.25) is 0 Å². The summed E-state index contributed by atoms with van der Waals surface area (Å²) in [6, 6.07) is 3.36. The molecule has 6 heteroatoms. The van der Waals surface area contributed by atoms with Crippen molar-refractivity contribution in [3.05, 3.63) is 42.7 Å². The summed E-state index contributed by atoms with van der Waals surface area (Å²) in [7, 11) is -1.24. The number of hydrogen-bond acceptors (Lipinski definition) is 5. The Bertz CT molecular complexity index is 503. The second kappa shape index (κ2) is 4.80. The zero-order chi connectivity index (χ0) is 11.4. The summed E-state index contributed by atoms with van der Waals surface area (Å²) in [5.41, 5.74) is 6.11. The molecule has 0 bridgehead atoms. The van der Waals surface area contributed by atoms with E-state index in [2.05, 4.69) is 15.0 Å². The predicted molar refractivity (Wildman–Crippen MR) is 60.8 cm³/mol. The summed E-state index contributed by atoms with van der Waals surface area (Å²) in [6.07, 6.45) is 6.29. The van der Waals surface area contributed by atoms with Gasteiger partial charge in [-0.15, -0.1) is 0 Å². The lowest BCUT2D eigenvalue weighted by Crippen LogP contribution is -2.03. The van der Waals surface area contributed by atoms with Gasteiger partial charge >= 0.3 is 0 Å². The summed E-state index contributed by atoms with van der Waals surface area (Å²) < 4.78 is 12.0. The molecule has 1 unspecified atom stereocenters. The largest absolute Gasteiger partial charge is 0.396 e. The molecule has 2 aromatic rings. The Morgan fingerprint density at radius 2 is 2.00 bits per heavy atom. The first-order valence-electron chi connectivity index (χ1n) is 4.61. The van der Waals surface area contributed by atoms with E-state index in [0.29, 0.717) is 16.4 Å². The van der Waals surface area contributed by atoms with E-state index in [1.807, 2.05) is 0 Å². The highest BCUT2D eigenvalue weighted by molar-refractivity contribution is 7.84. The average Bonchev–Trinajstić information content (AvgIpc) is 2.31. The Morgan fingerprint density at radius 3 is 2.69 bits per heavy atom. The highest BCUT2D eigenvalue weighted by Crippen LogP contribution is 2.15. The van der Waals surface area contributed by atoms with Crippen LogP contribution in [0.5, 0.6) is 0 Å². The molecule has 0 fully saturated rings. The Hall–Kier alpha value is -1.82. The molecule has 82 valence electrons. The number of nitrogen functional groups attached to an aromatic ring is 1. The van der Waals surface area contributed by atoms with E-state index in [0.717, 1.165) is 0 Å². The van der Waals surface area contributed by atoms with Crippen molar-refractivity contribution in [2.24, 2.45) is 0 Å². The minimum absolute atomic E-state index is 0.259. The Labute approximate surface area is 95.2 Å². The average molecular weight is 234 g/mol. The first-order chi connectivity index (χ1) is 7.77. The maximum Gasteiger partial charge on any atom is 0.141 e. The fourth-order valence-corrected chi connectivity index (χ4v) is 2.27. The Morgan fingerprint density at radius 1 is 1.25 bits per heavy atom. The molecule has 0 aliphatic rings. The zero-order valence-electron chi connectivity index (χ0n) is 8.41. The molecule has 0 spiro atoms. The summed E-state index contributed by atoms with van der Waals surface area (Å²) in [4.78, 5) is 12.4. The number of pyridine rings is 1. The second-order valence-corrected chi connectivity index (χ2v) is 4.49. The van der Waals surface area contributed by atoms with Crippen molar-refractivity contribution in [2.45, 2.75) is 10.6 Å². The summed E-state index contributed by atoms with van der Waals surface area (Å²) >= 11 is 0. The van der Waals surface area contributed by atoms with Crippen molar-refractivity contribution in [1.29, 1.82) is 0 Å². The van der Waals surface area contributed by atoms with E-state index in [1.165, 1.54) is 6.20 Å². The van der Waals surface area contributed by atoms with Gasteiger partial charge in [0.1, 0.15) is 5.82 Å². The van der Waals surface area contributed by atoms with Gasteiger partial charge in [-0.1, -0.05) is 0 Å². The van der Waals surface area contributed by atoms with Crippen LogP contribution < -0.4 is 5.73 Å². The van der Waals surface area contributed by atoms with Crippen molar-refractivity contribution in [1.82, 2.24) is 15.0 Å². The summed E-state index contributed by atoms with van der Waals surface area (Å²) in [6.45, 7) is 0. The normalized spacial score (nSPS) is 12.2.